The third-order valence-corrected chi connectivity index (χ3v) is 3.10. The molecule has 0 radical (unpaired) electrons. The van der Waals surface area contributed by atoms with Crippen molar-refractivity contribution in [2.45, 2.75) is 6.42 Å². The second-order valence-electron chi connectivity index (χ2n) is 3.01. The SMILES string of the molecule is N#CCCNc1c(Cl)cc(Cl)c2nsnc12. The summed E-state index contributed by atoms with van der Waals surface area (Å²) in [5, 5.41) is 12.5. The Labute approximate surface area is 106 Å². The molecule has 0 aliphatic heterocycles. The number of nitrogens with zero attached hydrogens (tertiary/aromatic N) is 3. The van der Waals surface area contributed by atoms with Crippen LogP contribution in [0.25, 0.3) is 11.0 Å². The normalized spacial score (nSPS) is 10.3. The van der Waals surface area contributed by atoms with Crippen molar-refractivity contribution >= 4 is 51.7 Å². The fraction of sp³-hybridized carbons (Fsp3) is 0.222. The number of halogens is 2. The summed E-state index contributed by atoms with van der Waals surface area (Å²) in [6.07, 6.45) is 0.401. The Morgan fingerprint density at radius 3 is 2.81 bits per heavy atom. The lowest BCUT2D eigenvalue weighted by Gasteiger charge is -2.07. The van der Waals surface area contributed by atoms with Crippen LogP contribution in [0.15, 0.2) is 6.07 Å². The molecule has 0 aliphatic carbocycles. The van der Waals surface area contributed by atoms with E-state index in [2.05, 4.69) is 14.1 Å². The molecule has 2 aromatic rings. The number of hydrogen-bond acceptors (Lipinski definition) is 5. The number of hydrogen-bond donors (Lipinski definition) is 1. The van der Waals surface area contributed by atoms with Crippen LogP contribution in [0, 0.1) is 11.3 Å². The van der Waals surface area contributed by atoms with Gasteiger partial charge in [0.1, 0.15) is 11.0 Å². The van der Waals surface area contributed by atoms with Crippen LogP contribution in [0.1, 0.15) is 6.42 Å². The van der Waals surface area contributed by atoms with Crippen LogP contribution < -0.4 is 5.32 Å². The summed E-state index contributed by atoms with van der Waals surface area (Å²) in [6.45, 7) is 0.518. The maximum absolute atomic E-state index is 8.46. The summed E-state index contributed by atoms with van der Waals surface area (Å²) in [7, 11) is 0. The summed E-state index contributed by atoms with van der Waals surface area (Å²) < 4.78 is 8.22. The zero-order chi connectivity index (χ0) is 11.5. The Morgan fingerprint density at radius 1 is 1.31 bits per heavy atom. The van der Waals surface area contributed by atoms with Crippen LogP contribution in [-0.2, 0) is 0 Å². The molecule has 1 aromatic heterocycles. The highest BCUT2D eigenvalue weighted by Crippen LogP contribution is 2.34. The van der Waals surface area contributed by atoms with E-state index in [9.17, 15) is 0 Å². The average molecular weight is 273 g/mol. The fourth-order valence-electron chi connectivity index (χ4n) is 1.29. The highest BCUT2D eigenvalue weighted by molar-refractivity contribution is 7.00. The largest absolute Gasteiger partial charge is 0.381 e. The lowest BCUT2D eigenvalue weighted by Crippen LogP contribution is -2.01. The zero-order valence-electron chi connectivity index (χ0n) is 8.00. The van der Waals surface area contributed by atoms with Crippen LogP contribution in [0.2, 0.25) is 10.0 Å². The third kappa shape index (κ3) is 2.05. The van der Waals surface area contributed by atoms with E-state index in [0.717, 1.165) is 11.7 Å². The van der Waals surface area contributed by atoms with E-state index in [1.807, 2.05) is 6.07 Å². The molecule has 0 saturated heterocycles. The molecule has 0 spiro atoms. The van der Waals surface area contributed by atoms with Crippen LogP contribution in [0.5, 0.6) is 0 Å². The van der Waals surface area contributed by atoms with E-state index in [4.69, 9.17) is 28.5 Å². The topological polar surface area (TPSA) is 61.6 Å². The second kappa shape index (κ2) is 4.83. The summed E-state index contributed by atoms with van der Waals surface area (Å²) in [6, 6.07) is 3.67. The quantitative estimate of drug-likeness (QED) is 0.871. The highest BCUT2D eigenvalue weighted by Gasteiger charge is 2.13. The lowest BCUT2D eigenvalue weighted by molar-refractivity contribution is 1.08. The van der Waals surface area contributed by atoms with E-state index >= 15 is 0 Å². The first kappa shape index (κ1) is 11.4. The smallest absolute Gasteiger partial charge is 0.130 e. The number of nitrogens with one attached hydrogen (secondary N) is 1. The van der Waals surface area contributed by atoms with Crippen molar-refractivity contribution in [1.29, 1.82) is 5.26 Å². The Morgan fingerprint density at radius 2 is 2.06 bits per heavy atom. The molecule has 0 aliphatic rings. The van der Waals surface area contributed by atoms with Crippen molar-refractivity contribution in [2.75, 3.05) is 11.9 Å². The van der Waals surface area contributed by atoms with Crippen molar-refractivity contribution < 1.29 is 0 Å². The zero-order valence-corrected chi connectivity index (χ0v) is 10.3. The number of nitriles is 1. The van der Waals surface area contributed by atoms with Crippen molar-refractivity contribution in [3.63, 3.8) is 0 Å². The molecule has 82 valence electrons. The molecule has 4 nitrogen and oxygen atoms in total. The van der Waals surface area contributed by atoms with Crippen LogP contribution in [-0.4, -0.2) is 15.3 Å². The van der Waals surface area contributed by atoms with E-state index in [1.54, 1.807) is 6.07 Å². The van der Waals surface area contributed by atoms with Gasteiger partial charge in [0.15, 0.2) is 0 Å². The number of aromatic nitrogens is 2. The number of fused-ring (bicyclic) bond motifs is 1. The predicted molar refractivity (Wildman–Crippen MR) is 66.2 cm³/mol. The van der Waals surface area contributed by atoms with Gasteiger partial charge in [-0.3, -0.25) is 0 Å². The van der Waals surface area contributed by atoms with Gasteiger partial charge in [-0.05, 0) is 6.07 Å². The van der Waals surface area contributed by atoms with Gasteiger partial charge in [0.2, 0.25) is 0 Å². The van der Waals surface area contributed by atoms with Crippen LogP contribution in [0.3, 0.4) is 0 Å². The molecule has 0 saturated carbocycles. The van der Waals surface area contributed by atoms with Crippen LogP contribution in [0.4, 0.5) is 5.69 Å². The number of anilines is 1. The molecule has 1 heterocycles. The summed E-state index contributed by atoms with van der Waals surface area (Å²) in [5.74, 6) is 0. The fourth-order valence-corrected chi connectivity index (χ4v) is 2.46. The first-order chi connectivity index (χ1) is 7.74. The van der Waals surface area contributed by atoms with E-state index in [0.29, 0.717) is 39.7 Å². The standard InChI is InChI=1S/C9H6Cl2N4S/c10-5-4-6(11)8-9(15-16-14-8)7(5)13-3-1-2-12/h4,13H,1,3H2. The van der Waals surface area contributed by atoms with E-state index in [1.165, 1.54) is 0 Å². The van der Waals surface area contributed by atoms with Crippen molar-refractivity contribution in [3.8, 4) is 6.07 Å². The van der Waals surface area contributed by atoms with Gasteiger partial charge in [0.25, 0.3) is 0 Å². The minimum atomic E-state index is 0.401. The number of rotatable bonds is 3. The average Bonchev–Trinajstić information content (AvgIpc) is 2.72. The molecular weight excluding hydrogens is 267 g/mol. The minimum absolute atomic E-state index is 0.401. The second-order valence-corrected chi connectivity index (χ2v) is 4.35. The maximum Gasteiger partial charge on any atom is 0.130 e. The Bertz CT molecular complexity index is 560. The summed E-state index contributed by atoms with van der Waals surface area (Å²) in [4.78, 5) is 0. The van der Waals surface area contributed by atoms with Crippen molar-refractivity contribution in [2.24, 2.45) is 0 Å². The Hall–Kier alpha value is -1.09. The molecule has 0 fully saturated rings. The van der Waals surface area contributed by atoms with Crippen LogP contribution >= 0.6 is 34.9 Å². The summed E-state index contributed by atoms with van der Waals surface area (Å²) >= 11 is 13.1. The van der Waals surface area contributed by atoms with E-state index in [-0.39, 0.29) is 0 Å². The molecule has 7 heteroatoms. The molecule has 0 atom stereocenters. The molecule has 0 bridgehead atoms. The van der Waals surface area contributed by atoms with Gasteiger partial charge >= 0.3 is 0 Å². The van der Waals surface area contributed by atoms with Gasteiger partial charge in [-0.15, -0.1) is 0 Å². The first-order valence-corrected chi connectivity index (χ1v) is 5.93. The molecule has 0 unspecified atom stereocenters. The molecule has 1 N–H and O–H groups in total. The van der Waals surface area contributed by atoms with Gasteiger partial charge in [-0.25, -0.2) is 0 Å². The van der Waals surface area contributed by atoms with Gasteiger partial charge in [-0.1, -0.05) is 23.2 Å². The summed E-state index contributed by atoms with van der Waals surface area (Å²) in [5.41, 5.74) is 1.97. The maximum atomic E-state index is 8.46. The molecule has 1 aromatic carbocycles. The highest BCUT2D eigenvalue weighted by atomic mass is 35.5. The van der Waals surface area contributed by atoms with Crippen molar-refractivity contribution in [1.82, 2.24) is 8.75 Å². The van der Waals surface area contributed by atoms with Gasteiger partial charge < -0.3 is 5.32 Å². The molecule has 2 rings (SSSR count). The predicted octanol–water partition coefficient (Wildman–Crippen LogP) is 3.32. The van der Waals surface area contributed by atoms with Gasteiger partial charge in [0.05, 0.1) is 40.0 Å². The Kier molecular flexibility index (Phi) is 3.44. The van der Waals surface area contributed by atoms with E-state index < -0.39 is 0 Å². The van der Waals surface area contributed by atoms with Gasteiger partial charge in [0, 0.05) is 6.54 Å². The number of benzene rings is 1. The third-order valence-electron chi connectivity index (χ3n) is 1.98. The molecule has 16 heavy (non-hydrogen) atoms. The monoisotopic (exact) mass is 272 g/mol. The lowest BCUT2D eigenvalue weighted by atomic mass is 10.2. The first-order valence-electron chi connectivity index (χ1n) is 4.45. The minimum Gasteiger partial charge on any atom is -0.381 e. The van der Waals surface area contributed by atoms with Crippen molar-refractivity contribution in [3.05, 3.63) is 16.1 Å². The Balaban J connectivity index is 2.43. The molecular formula is C9H6Cl2N4S. The molecule has 0 amide bonds. The van der Waals surface area contributed by atoms with Gasteiger partial charge in [-0.2, -0.15) is 14.0 Å².